The van der Waals surface area contributed by atoms with Crippen LogP contribution in [0.1, 0.15) is 19.3 Å². The number of rotatable bonds is 4. The Labute approximate surface area is 98.0 Å². The van der Waals surface area contributed by atoms with Crippen molar-refractivity contribution in [2.45, 2.75) is 25.4 Å². The van der Waals surface area contributed by atoms with E-state index in [2.05, 4.69) is 22.1 Å². The highest BCUT2D eigenvalue weighted by Crippen LogP contribution is 2.09. The van der Waals surface area contributed by atoms with Crippen molar-refractivity contribution >= 4 is 0 Å². The monoisotopic (exact) mass is 222 g/mol. The van der Waals surface area contributed by atoms with Crippen LogP contribution in [0.5, 0.6) is 0 Å². The van der Waals surface area contributed by atoms with E-state index in [1.165, 1.54) is 19.3 Å². The minimum Gasteiger partial charge on any atom is -0.390 e. The number of hydrogen-bond donors (Lipinski definition) is 1. The molecular formula is C13H22N2O. The van der Waals surface area contributed by atoms with Crippen molar-refractivity contribution in [3.8, 4) is 0 Å². The summed E-state index contributed by atoms with van der Waals surface area (Å²) in [6.07, 6.45) is 12.0. The molecule has 1 fully saturated rings. The van der Waals surface area contributed by atoms with Crippen LogP contribution in [0.2, 0.25) is 0 Å². The van der Waals surface area contributed by atoms with Gasteiger partial charge in [0.2, 0.25) is 0 Å². The van der Waals surface area contributed by atoms with Crippen LogP contribution in [0, 0.1) is 0 Å². The van der Waals surface area contributed by atoms with Gasteiger partial charge in [-0.05, 0) is 38.2 Å². The number of β-amino-alcohol motifs (C(OH)–C–C–N with tert-alkyl or cyclic N) is 1. The van der Waals surface area contributed by atoms with Crippen LogP contribution >= 0.6 is 0 Å². The second-order valence-electron chi connectivity index (χ2n) is 4.74. The number of hydrogen-bond acceptors (Lipinski definition) is 3. The molecule has 0 aromatic carbocycles. The van der Waals surface area contributed by atoms with Gasteiger partial charge in [0.15, 0.2) is 0 Å². The molecular weight excluding hydrogens is 200 g/mol. The summed E-state index contributed by atoms with van der Waals surface area (Å²) in [6.45, 7) is 4.82. The molecule has 90 valence electrons. The largest absolute Gasteiger partial charge is 0.390 e. The van der Waals surface area contributed by atoms with Gasteiger partial charge in [-0.25, -0.2) is 0 Å². The van der Waals surface area contributed by atoms with Crippen molar-refractivity contribution in [2.75, 3.05) is 32.7 Å². The Kier molecular flexibility index (Phi) is 4.43. The lowest BCUT2D eigenvalue weighted by atomic mass is 10.1. The summed E-state index contributed by atoms with van der Waals surface area (Å²) >= 11 is 0. The Balaban J connectivity index is 1.68. The van der Waals surface area contributed by atoms with Crippen molar-refractivity contribution in [3.05, 3.63) is 24.4 Å². The number of allylic oxidation sites excluding steroid dienone is 2. The van der Waals surface area contributed by atoms with Crippen molar-refractivity contribution in [3.63, 3.8) is 0 Å². The fraction of sp³-hybridized carbons (Fsp3) is 0.692. The maximum Gasteiger partial charge on any atom is 0.0841 e. The minimum atomic E-state index is -0.228. The lowest BCUT2D eigenvalue weighted by Gasteiger charge is -2.30. The van der Waals surface area contributed by atoms with Gasteiger partial charge in [0.05, 0.1) is 6.10 Å². The molecule has 1 N–H and O–H groups in total. The summed E-state index contributed by atoms with van der Waals surface area (Å²) in [5.74, 6) is 0. The van der Waals surface area contributed by atoms with Gasteiger partial charge < -0.3 is 14.9 Å². The topological polar surface area (TPSA) is 26.7 Å². The average molecular weight is 222 g/mol. The summed E-state index contributed by atoms with van der Waals surface area (Å²) in [6, 6.07) is 0. The van der Waals surface area contributed by atoms with Crippen LogP contribution in [0.4, 0.5) is 0 Å². The van der Waals surface area contributed by atoms with Gasteiger partial charge in [-0.3, -0.25) is 0 Å². The standard InChI is InChI=1S/C13H22N2O/c16-13(11-14-7-3-1-4-8-14)12-15-9-5-2-6-10-15/h1,3-4,7,13,16H,2,5-6,8-12H2. The Morgan fingerprint density at radius 1 is 1.06 bits per heavy atom. The Morgan fingerprint density at radius 2 is 1.88 bits per heavy atom. The van der Waals surface area contributed by atoms with Crippen LogP contribution in [0.15, 0.2) is 24.4 Å². The van der Waals surface area contributed by atoms with Gasteiger partial charge in [0.25, 0.3) is 0 Å². The maximum atomic E-state index is 10.0. The maximum absolute atomic E-state index is 10.0. The van der Waals surface area contributed by atoms with Crippen LogP contribution in [0.25, 0.3) is 0 Å². The molecule has 0 aromatic heterocycles. The second-order valence-corrected chi connectivity index (χ2v) is 4.74. The number of aliphatic hydroxyl groups excluding tert-OH is 1. The zero-order valence-electron chi connectivity index (χ0n) is 9.89. The highest BCUT2D eigenvalue weighted by molar-refractivity contribution is 5.08. The molecule has 0 radical (unpaired) electrons. The van der Waals surface area contributed by atoms with E-state index in [0.717, 1.165) is 32.7 Å². The molecule has 0 aromatic rings. The van der Waals surface area contributed by atoms with Crippen molar-refractivity contribution in [1.29, 1.82) is 0 Å². The zero-order chi connectivity index (χ0) is 11.2. The Morgan fingerprint density at radius 3 is 2.56 bits per heavy atom. The first-order valence-corrected chi connectivity index (χ1v) is 6.32. The zero-order valence-corrected chi connectivity index (χ0v) is 9.89. The van der Waals surface area contributed by atoms with E-state index in [9.17, 15) is 5.11 Å². The van der Waals surface area contributed by atoms with Crippen LogP contribution in [0.3, 0.4) is 0 Å². The van der Waals surface area contributed by atoms with Gasteiger partial charge in [-0.1, -0.05) is 18.6 Å². The fourth-order valence-electron chi connectivity index (χ4n) is 2.41. The molecule has 0 amide bonds. The van der Waals surface area contributed by atoms with E-state index >= 15 is 0 Å². The molecule has 3 nitrogen and oxygen atoms in total. The van der Waals surface area contributed by atoms with Crippen molar-refractivity contribution in [1.82, 2.24) is 9.80 Å². The van der Waals surface area contributed by atoms with E-state index in [1.54, 1.807) is 0 Å². The van der Waals surface area contributed by atoms with E-state index in [4.69, 9.17) is 0 Å². The molecule has 0 spiro atoms. The first-order chi connectivity index (χ1) is 7.84. The molecule has 2 aliphatic rings. The summed E-state index contributed by atoms with van der Waals surface area (Å²) in [7, 11) is 0. The molecule has 0 aliphatic carbocycles. The summed E-state index contributed by atoms with van der Waals surface area (Å²) < 4.78 is 0. The molecule has 2 aliphatic heterocycles. The van der Waals surface area contributed by atoms with Gasteiger partial charge in [-0.15, -0.1) is 0 Å². The highest BCUT2D eigenvalue weighted by atomic mass is 16.3. The summed E-state index contributed by atoms with van der Waals surface area (Å²) in [5, 5.41) is 10.0. The average Bonchev–Trinajstić information content (AvgIpc) is 2.31. The third kappa shape index (κ3) is 3.65. The van der Waals surface area contributed by atoms with Gasteiger partial charge in [0, 0.05) is 19.6 Å². The molecule has 1 atom stereocenters. The van der Waals surface area contributed by atoms with E-state index in [0.29, 0.717) is 0 Å². The number of nitrogens with zero attached hydrogens (tertiary/aromatic N) is 2. The van der Waals surface area contributed by atoms with Crippen LogP contribution in [-0.4, -0.2) is 53.7 Å². The number of aliphatic hydroxyl groups is 1. The van der Waals surface area contributed by atoms with Gasteiger partial charge in [-0.2, -0.15) is 0 Å². The lowest BCUT2D eigenvalue weighted by molar-refractivity contribution is 0.0812. The predicted molar refractivity (Wildman–Crippen MR) is 66.2 cm³/mol. The summed E-state index contributed by atoms with van der Waals surface area (Å²) in [5.41, 5.74) is 0. The van der Waals surface area contributed by atoms with E-state index < -0.39 is 0 Å². The SMILES string of the molecule is OC(CN1C=CC=CC1)CN1CCCCC1. The predicted octanol–water partition coefficient (Wildman–Crippen LogP) is 1.22. The third-order valence-electron chi connectivity index (χ3n) is 3.25. The smallest absolute Gasteiger partial charge is 0.0841 e. The first-order valence-electron chi connectivity index (χ1n) is 6.32. The fourth-order valence-corrected chi connectivity index (χ4v) is 2.41. The molecule has 0 saturated carbocycles. The minimum absolute atomic E-state index is 0.228. The van der Waals surface area contributed by atoms with Crippen LogP contribution < -0.4 is 0 Å². The van der Waals surface area contributed by atoms with Gasteiger partial charge >= 0.3 is 0 Å². The molecule has 2 rings (SSSR count). The van der Waals surface area contributed by atoms with E-state index in [1.807, 2.05) is 12.2 Å². The molecule has 16 heavy (non-hydrogen) atoms. The number of likely N-dealkylation sites (tertiary alicyclic amines) is 1. The molecule has 2 heterocycles. The second kappa shape index (κ2) is 6.06. The van der Waals surface area contributed by atoms with E-state index in [-0.39, 0.29) is 6.10 Å². The highest BCUT2D eigenvalue weighted by Gasteiger charge is 2.15. The summed E-state index contributed by atoms with van der Waals surface area (Å²) in [4.78, 5) is 4.55. The Hall–Kier alpha value is -0.800. The quantitative estimate of drug-likeness (QED) is 0.775. The molecule has 1 unspecified atom stereocenters. The molecule has 3 heteroatoms. The molecule has 0 bridgehead atoms. The number of piperidine rings is 1. The van der Waals surface area contributed by atoms with Crippen molar-refractivity contribution < 1.29 is 5.11 Å². The first kappa shape index (κ1) is 11.7. The van der Waals surface area contributed by atoms with Crippen LogP contribution in [-0.2, 0) is 0 Å². The molecule has 1 saturated heterocycles. The van der Waals surface area contributed by atoms with Crippen molar-refractivity contribution in [2.24, 2.45) is 0 Å². The third-order valence-corrected chi connectivity index (χ3v) is 3.25. The normalized spacial score (nSPS) is 23.7. The lowest BCUT2D eigenvalue weighted by Crippen LogP contribution is -2.41. The van der Waals surface area contributed by atoms with Gasteiger partial charge in [0.1, 0.15) is 0 Å². The Bertz CT molecular complexity index is 257.